The molecule has 0 aromatic heterocycles. The molecule has 0 spiro atoms. The maximum atomic E-state index is 5.36. The van der Waals surface area contributed by atoms with Crippen molar-refractivity contribution < 1.29 is 14.2 Å². The molecule has 86 valence electrons. The molecule has 1 unspecified atom stereocenters. The molecule has 0 aromatic carbocycles. The van der Waals surface area contributed by atoms with E-state index >= 15 is 0 Å². The van der Waals surface area contributed by atoms with Crippen molar-refractivity contribution in [2.45, 2.75) is 26.4 Å². The molecule has 0 rings (SSSR count). The van der Waals surface area contributed by atoms with E-state index in [1.807, 2.05) is 6.92 Å². The molecule has 2 N–H and O–H groups in total. The van der Waals surface area contributed by atoms with E-state index in [-0.39, 0.29) is 6.10 Å². The molecule has 0 heterocycles. The first kappa shape index (κ1) is 13.8. The van der Waals surface area contributed by atoms with E-state index in [1.165, 1.54) is 0 Å². The van der Waals surface area contributed by atoms with Crippen molar-refractivity contribution >= 4 is 0 Å². The van der Waals surface area contributed by atoms with Gasteiger partial charge in [0.2, 0.25) is 0 Å². The average Bonchev–Trinajstić information content (AvgIpc) is 2.17. The van der Waals surface area contributed by atoms with Gasteiger partial charge >= 0.3 is 0 Å². The topological polar surface area (TPSA) is 53.7 Å². The first-order chi connectivity index (χ1) is 6.81. The standard InChI is InChI=1S/C10H23NO3/c1-3-14-10(2)4-6-12-8-9-13-7-5-11/h10H,3-9,11H2,1-2H3. The molecular weight excluding hydrogens is 182 g/mol. The van der Waals surface area contributed by atoms with Crippen molar-refractivity contribution in [2.75, 3.05) is 39.6 Å². The molecule has 4 heteroatoms. The van der Waals surface area contributed by atoms with E-state index in [0.717, 1.165) is 19.6 Å². The first-order valence-corrected chi connectivity index (χ1v) is 5.28. The van der Waals surface area contributed by atoms with Crippen molar-refractivity contribution in [1.29, 1.82) is 0 Å². The molecular formula is C10H23NO3. The van der Waals surface area contributed by atoms with Gasteiger partial charge in [0.05, 0.1) is 25.9 Å². The Bertz CT molecular complexity index is 112. The minimum atomic E-state index is 0.282. The third-order valence-electron chi connectivity index (χ3n) is 1.75. The van der Waals surface area contributed by atoms with Crippen LogP contribution < -0.4 is 5.73 Å². The second-order valence-electron chi connectivity index (χ2n) is 3.07. The maximum Gasteiger partial charge on any atom is 0.0701 e. The molecule has 0 radical (unpaired) electrons. The average molecular weight is 205 g/mol. The number of hydrogen-bond donors (Lipinski definition) is 1. The monoisotopic (exact) mass is 205 g/mol. The zero-order valence-electron chi connectivity index (χ0n) is 9.33. The van der Waals surface area contributed by atoms with Crippen LogP contribution >= 0.6 is 0 Å². The van der Waals surface area contributed by atoms with Crippen LogP contribution in [0.15, 0.2) is 0 Å². The van der Waals surface area contributed by atoms with Crippen LogP contribution in [0.4, 0.5) is 0 Å². The fourth-order valence-corrected chi connectivity index (χ4v) is 1.02. The highest BCUT2D eigenvalue weighted by atomic mass is 16.5. The molecule has 0 aliphatic rings. The summed E-state index contributed by atoms with van der Waals surface area (Å²) in [4.78, 5) is 0. The van der Waals surface area contributed by atoms with Crippen molar-refractivity contribution in [3.05, 3.63) is 0 Å². The number of ether oxygens (including phenoxy) is 3. The van der Waals surface area contributed by atoms with E-state index in [4.69, 9.17) is 19.9 Å². The van der Waals surface area contributed by atoms with Gasteiger partial charge in [0.25, 0.3) is 0 Å². The molecule has 0 saturated heterocycles. The van der Waals surface area contributed by atoms with Crippen LogP contribution in [0.3, 0.4) is 0 Å². The lowest BCUT2D eigenvalue weighted by Gasteiger charge is -2.11. The molecule has 0 saturated carbocycles. The SMILES string of the molecule is CCOC(C)CCOCCOCCN. The summed E-state index contributed by atoms with van der Waals surface area (Å²) < 4.78 is 15.9. The van der Waals surface area contributed by atoms with Crippen LogP contribution in [0, 0.1) is 0 Å². The Balaban J connectivity index is 2.98. The highest BCUT2D eigenvalue weighted by molar-refractivity contribution is 4.48. The molecule has 0 fully saturated rings. The maximum absolute atomic E-state index is 5.36. The Morgan fingerprint density at radius 3 is 2.29 bits per heavy atom. The van der Waals surface area contributed by atoms with Crippen LogP contribution in [0.25, 0.3) is 0 Å². The van der Waals surface area contributed by atoms with Crippen molar-refractivity contribution in [2.24, 2.45) is 5.73 Å². The minimum absolute atomic E-state index is 0.282. The second-order valence-corrected chi connectivity index (χ2v) is 3.07. The second kappa shape index (κ2) is 10.9. The van der Waals surface area contributed by atoms with Crippen molar-refractivity contribution in [1.82, 2.24) is 0 Å². The molecule has 0 aromatic rings. The summed E-state index contributed by atoms with van der Waals surface area (Å²) in [6.07, 6.45) is 1.22. The highest BCUT2D eigenvalue weighted by Crippen LogP contribution is 1.96. The van der Waals surface area contributed by atoms with E-state index in [0.29, 0.717) is 26.4 Å². The molecule has 1 atom stereocenters. The Morgan fingerprint density at radius 2 is 1.71 bits per heavy atom. The summed E-state index contributed by atoms with van der Waals surface area (Å²) in [5.74, 6) is 0. The van der Waals surface area contributed by atoms with Gasteiger partial charge in [-0.2, -0.15) is 0 Å². The Labute approximate surface area is 86.7 Å². The summed E-state index contributed by atoms with van der Waals surface area (Å²) in [5.41, 5.74) is 5.26. The van der Waals surface area contributed by atoms with Crippen LogP contribution in [-0.2, 0) is 14.2 Å². The predicted molar refractivity (Wildman–Crippen MR) is 56.4 cm³/mol. The van der Waals surface area contributed by atoms with Gasteiger partial charge in [-0.05, 0) is 20.3 Å². The highest BCUT2D eigenvalue weighted by Gasteiger charge is 1.99. The molecule has 0 bridgehead atoms. The van der Waals surface area contributed by atoms with Crippen molar-refractivity contribution in [3.8, 4) is 0 Å². The largest absolute Gasteiger partial charge is 0.379 e. The summed E-state index contributed by atoms with van der Waals surface area (Å²) in [7, 11) is 0. The zero-order valence-corrected chi connectivity index (χ0v) is 9.33. The first-order valence-electron chi connectivity index (χ1n) is 5.28. The molecule has 0 amide bonds. The van der Waals surface area contributed by atoms with E-state index in [1.54, 1.807) is 0 Å². The number of hydrogen-bond acceptors (Lipinski definition) is 4. The van der Waals surface area contributed by atoms with Crippen LogP contribution in [0.2, 0.25) is 0 Å². The quantitative estimate of drug-likeness (QED) is 0.536. The van der Waals surface area contributed by atoms with Crippen LogP contribution in [-0.4, -0.2) is 45.7 Å². The third kappa shape index (κ3) is 9.92. The Morgan fingerprint density at radius 1 is 1.07 bits per heavy atom. The van der Waals surface area contributed by atoms with E-state index in [9.17, 15) is 0 Å². The van der Waals surface area contributed by atoms with Crippen molar-refractivity contribution in [3.63, 3.8) is 0 Å². The van der Waals surface area contributed by atoms with Gasteiger partial charge in [-0.1, -0.05) is 0 Å². The third-order valence-corrected chi connectivity index (χ3v) is 1.75. The molecule has 4 nitrogen and oxygen atoms in total. The number of nitrogens with two attached hydrogens (primary N) is 1. The van der Waals surface area contributed by atoms with E-state index < -0.39 is 0 Å². The minimum Gasteiger partial charge on any atom is -0.379 e. The lowest BCUT2D eigenvalue weighted by atomic mass is 10.3. The molecule has 0 aliphatic heterocycles. The Hall–Kier alpha value is -0.160. The van der Waals surface area contributed by atoms with Gasteiger partial charge in [-0.3, -0.25) is 0 Å². The van der Waals surface area contributed by atoms with Gasteiger partial charge in [-0.15, -0.1) is 0 Å². The van der Waals surface area contributed by atoms with Crippen LogP contribution in [0.1, 0.15) is 20.3 Å². The zero-order chi connectivity index (χ0) is 10.6. The fraction of sp³-hybridized carbons (Fsp3) is 1.00. The fourth-order valence-electron chi connectivity index (χ4n) is 1.02. The van der Waals surface area contributed by atoms with Gasteiger partial charge < -0.3 is 19.9 Å². The lowest BCUT2D eigenvalue weighted by molar-refractivity contribution is 0.0173. The number of rotatable bonds is 10. The van der Waals surface area contributed by atoms with Gasteiger partial charge in [-0.25, -0.2) is 0 Å². The van der Waals surface area contributed by atoms with E-state index in [2.05, 4.69) is 6.92 Å². The normalized spacial score (nSPS) is 13.1. The predicted octanol–water partition coefficient (Wildman–Crippen LogP) is 0.793. The summed E-state index contributed by atoms with van der Waals surface area (Å²) in [6, 6.07) is 0. The smallest absolute Gasteiger partial charge is 0.0701 e. The summed E-state index contributed by atoms with van der Waals surface area (Å²) >= 11 is 0. The Kier molecular flexibility index (Phi) is 10.8. The van der Waals surface area contributed by atoms with Gasteiger partial charge in [0.15, 0.2) is 0 Å². The molecule has 0 aliphatic carbocycles. The summed E-state index contributed by atoms with van der Waals surface area (Å²) in [5, 5.41) is 0. The molecule has 14 heavy (non-hydrogen) atoms. The van der Waals surface area contributed by atoms with Gasteiger partial charge in [0, 0.05) is 19.8 Å². The lowest BCUT2D eigenvalue weighted by Crippen LogP contribution is -2.14. The van der Waals surface area contributed by atoms with Gasteiger partial charge in [0.1, 0.15) is 0 Å². The van der Waals surface area contributed by atoms with Crippen LogP contribution in [0.5, 0.6) is 0 Å². The summed E-state index contributed by atoms with van der Waals surface area (Å²) in [6.45, 7) is 7.99.